The molecule has 1 unspecified atom stereocenters. The Morgan fingerprint density at radius 2 is 2.38 bits per heavy atom. The zero-order chi connectivity index (χ0) is 12.1. The van der Waals surface area contributed by atoms with Crippen LogP contribution in [0.5, 0.6) is 0 Å². The molecule has 1 aromatic heterocycles. The number of halogens is 1. The van der Waals surface area contributed by atoms with Crippen LogP contribution >= 0.6 is 27.3 Å². The topological polar surface area (TPSA) is 66.6 Å². The monoisotopic (exact) mass is 306 g/mol. The first-order valence-electron chi connectivity index (χ1n) is 4.87. The largest absolute Gasteiger partial charge is 0.481 e. The van der Waals surface area contributed by atoms with E-state index in [4.69, 9.17) is 10.8 Å². The fourth-order valence-electron chi connectivity index (χ4n) is 1.46. The van der Waals surface area contributed by atoms with E-state index < -0.39 is 5.97 Å². The van der Waals surface area contributed by atoms with Crippen molar-refractivity contribution in [2.75, 3.05) is 13.6 Å². The van der Waals surface area contributed by atoms with Crippen LogP contribution in [0.2, 0.25) is 0 Å². The Morgan fingerprint density at radius 1 is 1.69 bits per heavy atom. The third-order valence-corrected chi connectivity index (χ3v) is 3.65. The highest BCUT2D eigenvalue weighted by atomic mass is 79.9. The van der Waals surface area contributed by atoms with E-state index in [-0.39, 0.29) is 12.5 Å². The lowest BCUT2D eigenvalue weighted by atomic mass is 10.2. The molecule has 0 aromatic carbocycles. The van der Waals surface area contributed by atoms with Crippen LogP contribution in [0, 0.1) is 0 Å². The highest BCUT2D eigenvalue weighted by Gasteiger charge is 2.11. The van der Waals surface area contributed by atoms with Crippen LogP contribution in [0.1, 0.15) is 11.3 Å². The van der Waals surface area contributed by atoms with E-state index in [1.807, 2.05) is 24.1 Å². The molecule has 0 bridgehead atoms. The molecule has 0 saturated carbocycles. The van der Waals surface area contributed by atoms with Crippen molar-refractivity contribution in [1.29, 1.82) is 0 Å². The van der Waals surface area contributed by atoms with E-state index in [1.165, 1.54) is 4.88 Å². The number of rotatable bonds is 6. The average molecular weight is 307 g/mol. The summed E-state index contributed by atoms with van der Waals surface area (Å²) in [5.41, 5.74) is 5.71. The summed E-state index contributed by atoms with van der Waals surface area (Å²) in [7, 11) is 1.94. The molecule has 1 heterocycles. The summed E-state index contributed by atoms with van der Waals surface area (Å²) >= 11 is 5.08. The lowest BCUT2D eigenvalue weighted by molar-refractivity contribution is -0.137. The molecule has 16 heavy (non-hydrogen) atoms. The second kappa shape index (κ2) is 6.34. The average Bonchev–Trinajstić information content (AvgIpc) is 2.48. The van der Waals surface area contributed by atoms with Gasteiger partial charge < -0.3 is 10.8 Å². The molecule has 6 heteroatoms. The van der Waals surface area contributed by atoms with Crippen molar-refractivity contribution in [3.63, 3.8) is 0 Å². The third-order valence-electron chi connectivity index (χ3n) is 2.04. The van der Waals surface area contributed by atoms with Crippen molar-refractivity contribution in [3.8, 4) is 0 Å². The van der Waals surface area contributed by atoms with E-state index in [9.17, 15) is 4.79 Å². The van der Waals surface area contributed by atoms with E-state index in [0.717, 1.165) is 10.3 Å². The number of carboxylic acid groups (broad SMARTS) is 1. The Kier molecular flexibility index (Phi) is 5.40. The predicted octanol–water partition coefficient (Wildman–Crippen LogP) is 1.74. The molecule has 0 radical (unpaired) electrons. The fraction of sp³-hybridized carbons (Fsp3) is 0.500. The van der Waals surface area contributed by atoms with Gasteiger partial charge in [0.05, 0.1) is 10.2 Å². The smallest absolute Gasteiger partial charge is 0.304 e. The highest BCUT2D eigenvalue weighted by Crippen LogP contribution is 2.22. The summed E-state index contributed by atoms with van der Waals surface area (Å²) in [6.07, 6.45) is 0.0124. The van der Waals surface area contributed by atoms with Crippen molar-refractivity contribution < 1.29 is 9.90 Å². The second-order valence-electron chi connectivity index (χ2n) is 3.76. The van der Waals surface area contributed by atoms with Gasteiger partial charge in [0.15, 0.2) is 0 Å². The van der Waals surface area contributed by atoms with E-state index >= 15 is 0 Å². The van der Waals surface area contributed by atoms with Crippen LogP contribution in [0.4, 0.5) is 0 Å². The number of aliphatic carboxylic acids is 1. The minimum absolute atomic E-state index is 0.0124. The zero-order valence-electron chi connectivity index (χ0n) is 9.02. The molecule has 1 atom stereocenters. The Balaban J connectivity index is 2.35. The molecule has 0 amide bonds. The first kappa shape index (κ1) is 13.6. The summed E-state index contributed by atoms with van der Waals surface area (Å²) in [5, 5.41) is 8.59. The number of hydrogen-bond acceptors (Lipinski definition) is 4. The third kappa shape index (κ3) is 5.07. The number of nitrogens with two attached hydrogens (primary N) is 1. The van der Waals surface area contributed by atoms with Gasteiger partial charge in [0, 0.05) is 24.0 Å². The van der Waals surface area contributed by atoms with Gasteiger partial charge in [0.25, 0.3) is 0 Å². The molecule has 0 saturated heterocycles. The number of carboxylic acids is 1. The molecule has 1 aromatic rings. The van der Waals surface area contributed by atoms with Crippen molar-refractivity contribution in [2.24, 2.45) is 5.73 Å². The van der Waals surface area contributed by atoms with Gasteiger partial charge in [-0.05, 0) is 35.1 Å². The molecule has 0 spiro atoms. The number of thiophene rings is 1. The van der Waals surface area contributed by atoms with Gasteiger partial charge in [-0.2, -0.15) is 0 Å². The van der Waals surface area contributed by atoms with Crippen LogP contribution < -0.4 is 5.73 Å². The van der Waals surface area contributed by atoms with E-state index in [1.54, 1.807) is 11.3 Å². The zero-order valence-corrected chi connectivity index (χ0v) is 11.4. The molecule has 90 valence electrons. The number of carbonyl (C=O) groups is 1. The van der Waals surface area contributed by atoms with E-state index in [0.29, 0.717) is 6.54 Å². The minimum atomic E-state index is -0.847. The van der Waals surface area contributed by atoms with Gasteiger partial charge in [-0.15, -0.1) is 11.3 Å². The Labute approximate surface area is 107 Å². The lowest BCUT2D eigenvalue weighted by Crippen LogP contribution is -2.36. The van der Waals surface area contributed by atoms with Crippen molar-refractivity contribution in [2.45, 2.75) is 19.0 Å². The van der Waals surface area contributed by atoms with Crippen LogP contribution in [0.25, 0.3) is 0 Å². The number of likely N-dealkylation sites (N-methyl/N-ethyl adjacent to an activating group) is 1. The van der Waals surface area contributed by atoms with Crippen LogP contribution in [-0.4, -0.2) is 35.6 Å². The second-order valence-corrected chi connectivity index (χ2v) is 6.31. The molecule has 0 aliphatic rings. The summed E-state index contributed by atoms with van der Waals surface area (Å²) < 4.78 is 1.10. The van der Waals surface area contributed by atoms with Crippen molar-refractivity contribution in [1.82, 2.24) is 4.90 Å². The summed E-state index contributed by atoms with van der Waals surface area (Å²) in [6, 6.07) is 3.74. The molecule has 3 N–H and O–H groups in total. The molecule has 0 aliphatic carbocycles. The Bertz CT molecular complexity index is 356. The van der Waals surface area contributed by atoms with Crippen molar-refractivity contribution >= 4 is 33.2 Å². The standard InChI is InChI=1S/C10H15BrN2O2S/c1-13(5-7(12)4-10(14)15)6-8-2-3-9(11)16-8/h2-3,7H,4-6,12H2,1H3,(H,14,15). The quantitative estimate of drug-likeness (QED) is 0.840. The van der Waals surface area contributed by atoms with Crippen molar-refractivity contribution in [3.05, 3.63) is 20.8 Å². The van der Waals surface area contributed by atoms with Crippen LogP contribution in [0.15, 0.2) is 15.9 Å². The van der Waals surface area contributed by atoms with Crippen LogP contribution in [-0.2, 0) is 11.3 Å². The fourth-order valence-corrected chi connectivity index (χ4v) is 3.02. The van der Waals surface area contributed by atoms with Gasteiger partial charge in [-0.25, -0.2) is 0 Å². The molecular formula is C10H15BrN2O2S. The van der Waals surface area contributed by atoms with Gasteiger partial charge in [0.1, 0.15) is 0 Å². The van der Waals surface area contributed by atoms with Gasteiger partial charge in [-0.1, -0.05) is 0 Å². The SMILES string of the molecule is CN(Cc1ccc(Br)s1)CC(N)CC(=O)O. The highest BCUT2D eigenvalue weighted by molar-refractivity contribution is 9.11. The molecular weight excluding hydrogens is 292 g/mol. The first-order valence-corrected chi connectivity index (χ1v) is 6.48. The van der Waals surface area contributed by atoms with Gasteiger partial charge in [-0.3, -0.25) is 9.69 Å². The van der Waals surface area contributed by atoms with Gasteiger partial charge >= 0.3 is 5.97 Å². The Hall–Kier alpha value is -0.430. The first-order chi connectivity index (χ1) is 7.47. The summed E-state index contributed by atoms with van der Waals surface area (Å²) in [5.74, 6) is -0.847. The van der Waals surface area contributed by atoms with Gasteiger partial charge in [0.2, 0.25) is 0 Å². The molecule has 4 nitrogen and oxygen atoms in total. The lowest BCUT2D eigenvalue weighted by Gasteiger charge is -2.19. The maximum absolute atomic E-state index is 10.5. The summed E-state index contributed by atoms with van der Waals surface area (Å²) in [6.45, 7) is 1.38. The predicted molar refractivity (Wildman–Crippen MR) is 68.6 cm³/mol. The summed E-state index contributed by atoms with van der Waals surface area (Å²) in [4.78, 5) is 13.7. The number of nitrogens with zero attached hydrogens (tertiary/aromatic N) is 1. The normalized spacial score (nSPS) is 13.0. The Morgan fingerprint density at radius 3 is 2.88 bits per heavy atom. The maximum Gasteiger partial charge on any atom is 0.304 e. The van der Waals surface area contributed by atoms with Crippen LogP contribution in [0.3, 0.4) is 0 Å². The molecule has 0 fully saturated rings. The minimum Gasteiger partial charge on any atom is -0.481 e. The van der Waals surface area contributed by atoms with E-state index in [2.05, 4.69) is 15.9 Å². The molecule has 0 aliphatic heterocycles. The maximum atomic E-state index is 10.5. The molecule has 1 rings (SSSR count). The number of hydrogen-bond donors (Lipinski definition) is 2.